The molecule has 2 aliphatic rings. The molecule has 0 saturated carbocycles. The average Bonchev–Trinajstić information content (AvgIpc) is 3.18. The average molecular weight is 423 g/mol. The van der Waals surface area contributed by atoms with Gasteiger partial charge in [0, 0.05) is 36.8 Å². The largest absolute Gasteiger partial charge is 0.489 e. The number of carbonyl (C=O) groups excluding carboxylic acids is 2. The molecule has 8 nitrogen and oxygen atoms in total. The number of rotatable bonds is 2. The lowest BCUT2D eigenvalue weighted by Crippen LogP contribution is -2.46. The molecule has 31 heavy (non-hydrogen) atoms. The van der Waals surface area contributed by atoms with Crippen LogP contribution in [0.15, 0.2) is 24.3 Å². The lowest BCUT2D eigenvalue weighted by atomic mass is 9.87. The van der Waals surface area contributed by atoms with Crippen LogP contribution in [0.2, 0.25) is 0 Å². The van der Waals surface area contributed by atoms with Gasteiger partial charge >= 0.3 is 0 Å². The number of aromatic nitrogens is 4. The summed E-state index contributed by atoms with van der Waals surface area (Å²) in [6.45, 7) is 4.81. The number of aryl methyl sites for hydroxylation is 2. The van der Waals surface area contributed by atoms with Crippen molar-refractivity contribution in [1.29, 1.82) is 0 Å². The van der Waals surface area contributed by atoms with Crippen molar-refractivity contribution in [1.82, 2.24) is 24.5 Å². The van der Waals surface area contributed by atoms with Gasteiger partial charge in [-0.1, -0.05) is 0 Å². The van der Waals surface area contributed by atoms with Crippen LogP contribution in [0.25, 0.3) is 5.78 Å². The number of halogens is 1. The van der Waals surface area contributed by atoms with Crippen LogP contribution >= 0.6 is 0 Å². The predicted octanol–water partition coefficient (Wildman–Crippen LogP) is 2.77. The first kappa shape index (κ1) is 19.6. The predicted molar refractivity (Wildman–Crippen MR) is 109 cm³/mol. The Morgan fingerprint density at radius 2 is 2.06 bits per heavy atom. The molecular formula is C22H22FN5O3. The number of fused-ring (bicyclic) bond motifs is 2. The number of likely N-dealkylation sites (tertiary alicyclic amines) is 1. The number of hydrogen-bond acceptors (Lipinski definition) is 6. The summed E-state index contributed by atoms with van der Waals surface area (Å²) in [6, 6.07) is 5.89. The van der Waals surface area contributed by atoms with E-state index in [2.05, 4.69) is 15.1 Å². The molecule has 0 N–H and O–H groups in total. The number of ether oxygens (including phenoxy) is 1. The van der Waals surface area contributed by atoms with Crippen LogP contribution in [0, 0.1) is 25.6 Å². The van der Waals surface area contributed by atoms with E-state index in [1.165, 1.54) is 18.2 Å². The van der Waals surface area contributed by atoms with Crippen molar-refractivity contribution in [2.45, 2.75) is 39.2 Å². The normalized spacial score (nSPS) is 21.1. The highest BCUT2D eigenvalue weighted by atomic mass is 19.1. The van der Waals surface area contributed by atoms with E-state index in [1.54, 1.807) is 9.42 Å². The van der Waals surface area contributed by atoms with Crippen molar-refractivity contribution < 1.29 is 18.7 Å². The minimum atomic E-state index is -0.455. The minimum Gasteiger partial charge on any atom is -0.489 e. The van der Waals surface area contributed by atoms with Crippen LogP contribution in [0.4, 0.5) is 4.39 Å². The Morgan fingerprint density at radius 3 is 2.90 bits per heavy atom. The fraction of sp³-hybridized carbons (Fsp3) is 0.409. The molecule has 160 valence electrons. The van der Waals surface area contributed by atoms with Crippen LogP contribution in [0.1, 0.15) is 51.6 Å². The van der Waals surface area contributed by atoms with Crippen LogP contribution < -0.4 is 4.74 Å². The molecule has 3 aromatic rings. The number of ketones is 1. The molecule has 0 radical (unpaired) electrons. The van der Waals surface area contributed by atoms with E-state index in [1.807, 2.05) is 19.9 Å². The third-order valence-electron chi connectivity index (χ3n) is 5.99. The molecular weight excluding hydrogens is 401 g/mol. The Kier molecular flexibility index (Phi) is 4.68. The molecule has 1 amide bonds. The van der Waals surface area contributed by atoms with Gasteiger partial charge in [0.15, 0.2) is 5.78 Å². The zero-order chi connectivity index (χ0) is 21.7. The van der Waals surface area contributed by atoms with E-state index >= 15 is 0 Å². The summed E-state index contributed by atoms with van der Waals surface area (Å²) in [5, 5.41) is 4.35. The molecule has 4 heterocycles. The van der Waals surface area contributed by atoms with Crippen molar-refractivity contribution in [3.05, 3.63) is 52.9 Å². The highest BCUT2D eigenvalue weighted by molar-refractivity contribution is 6.00. The highest BCUT2D eigenvalue weighted by Crippen LogP contribution is 2.34. The van der Waals surface area contributed by atoms with Crippen molar-refractivity contribution >= 4 is 17.5 Å². The zero-order valence-electron chi connectivity index (χ0n) is 17.3. The summed E-state index contributed by atoms with van der Waals surface area (Å²) in [7, 11) is 0. The van der Waals surface area contributed by atoms with Crippen molar-refractivity contribution in [3.8, 4) is 5.75 Å². The first-order valence-electron chi connectivity index (χ1n) is 10.4. The Balaban J connectivity index is 1.35. The Morgan fingerprint density at radius 1 is 1.23 bits per heavy atom. The van der Waals surface area contributed by atoms with E-state index in [0.29, 0.717) is 24.6 Å². The summed E-state index contributed by atoms with van der Waals surface area (Å²) in [6.07, 6.45) is 1.47. The Bertz CT molecular complexity index is 1210. The van der Waals surface area contributed by atoms with Gasteiger partial charge in [-0.25, -0.2) is 13.9 Å². The van der Waals surface area contributed by atoms with Crippen LogP contribution in [0.3, 0.4) is 0 Å². The molecule has 0 unspecified atom stereocenters. The second-order valence-electron chi connectivity index (χ2n) is 8.26. The van der Waals surface area contributed by atoms with E-state index in [4.69, 9.17) is 4.74 Å². The fourth-order valence-electron chi connectivity index (χ4n) is 4.48. The maximum absolute atomic E-state index is 13.5. The molecule has 2 aromatic heterocycles. The summed E-state index contributed by atoms with van der Waals surface area (Å²) in [4.78, 5) is 36.0. The van der Waals surface area contributed by atoms with Gasteiger partial charge in [-0.15, -0.1) is 5.10 Å². The van der Waals surface area contributed by atoms with Gasteiger partial charge in [-0.05, 0) is 51.0 Å². The molecule has 0 spiro atoms. The van der Waals surface area contributed by atoms with Gasteiger partial charge < -0.3 is 9.64 Å². The van der Waals surface area contributed by atoms with E-state index in [-0.39, 0.29) is 41.5 Å². The molecule has 2 atom stereocenters. The maximum atomic E-state index is 13.5. The first-order valence-corrected chi connectivity index (χ1v) is 10.4. The third kappa shape index (κ3) is 3.54. The van der Waals surface area contributed by atoms with E-state index in [0.717, 1.165) is 24.2 Å². The highest BCUT2D eigenvalue weighted by Gasteiger charge is 2.37. The summed E-state index contributed by atoms with van der Waals surface area (Å²) in [5.41, 5.74) is 1.95. The molecule has 0 bridgehead atoms. The number of benzene rings is 1. The van der Waals surface area contributed by atoms with Gasteiger partial charge in [-0.2, -0.15) is 4.98 Å². The van der Waals surface area contributed by atoms with Gasteiger partial charge in [-0.3, -0.25) is 9.59 Å². The quantitative estimate of drug-likeness (QED) is 0.630. The van der Waals surface area contributed by atoms with Crippen molar-refractivity contribution in [3.63, 3.8) is 0 Å². The van der Waals surface area contributed by atoms with Crippen LogP contribution in [0.5, 0.6) is 5.75 Å². The van der Waals surface area contributed by atoms with Crippen LogP contribution in [-0.2, 0) is 0 Å². The molecule has 9 heteroatoms. The second-order valence-corrected chi connectivity index (χ2v) is 8.26. The molecule has 1 saturated heterocycles. The SMILES string of the molecule is Cc1cc(C)n2nc(C(=O)N3CCC[C@H]([C@H]4CC(=O)c5cc(F)ccc5O4)C3)nc2n1. The Hall–Kier alpha value is -3.36. The van der Waals surface area contributed by atoms with Crippen LogP contribution in [-0.4, -0.2) is 55.4 Å². The van der Waals surface area contributed by atoms with Gasteiger partial charge in [0.2, 0.25) is 5.82 Å². The monoisotopic (exact) mass is 423 g/mol. The third-order valence-corrected chi connectivity index (χ3v) is 5.99. The molecule has 0 aliphatic carbocycles. The standard InChI is InChI=1S/C22H22FN5O3/c1-12-8-13(2)28-22(24-12)25-20(26-28)21(30)27-7-3-4-14(11-27)19-10-17(29)16-9-15(23)5-6-18(16)31-19/h5-6,8-9,14,19H,3-4,7,10-11H2,1-2H3/t14-,19+/m0/s1. The molecule has 1 fully saturated rings. The van der Waals surface area contributed by atoms with Crippen molar-refractivity contribution in [2.75, 3.05) is 13.1 Å². The van der Waals surface area contributed by atoms with Gasteiger partial charge in [0.25, 0.3) is 11.7 Å². The van der Waals surface area contributed by atoms with E-state index < -0.39 is 5.82 Å². The fourth-order valence-corrected chi connectivity index (χ4v) is 4.48. The minimum absolute atomic E-state index is 0.000935. The zero-order valence-corrected chi connectivity index (χ0v) is 17.3. The van der Waals surface area contributed by atoms with Gasteiger partial charge in [0.05, 0.1) is 5.56 Å². The lowest BCUT2D eigenvalue weighted by molar-refractivity contribution is 0.0402. The first-order chi connectivity index (χ1) is 14.9. The molecule has 2 aliphatic heterocycles. The molecule has 5 rings (SSSR count). The van der Waals surface area contributed by atoms with Crippen molar-refractivity contribution in [2.24, 2.45) is 5.92 Å². The smallest absolute Gasteiger partial charge is 0.293 e. The number of piperidine rings is 1. The number of amides is 1. The number of carbonyl (C=O) groups is 2. The number of hydrogen-bond donors (Lipinski definition) is 0. The maximum Gasteiger partial charge on any atom is 0.293 e. The number of nitrogens with zero attached hydrogens (tertiary/aromatic N) is 5. The summed E-state index contributed by atoms with van der Waals surface area (Å²) in [5.74, 6) is 0.0836. The summed E-state index contributed by atoms with van der Waals surface area (Å²) < 4.78 is 21.1. The Labute approximate surface area is 178 Å². The lowest BCUT2D eigenvalue weighted by Gasteiger charge is -2.38. The number of Topliss-reactive ketones (excluding diaryl/α,β-unsaturated/α-hetero) is 1. The van der Waals surface area contributed by atoms with E-state index in [9.17, 15) is 14.0 Å². The van der Waals surface area contributed by atoms with Gasteiger partial charge in [0.1, 0.15) is 17.7 Å². The summed E-state index contributed by atoms with van der Waals surface area (Å²) >= 11 is 0. The topological polar surface area (TPSA) is 89.7 Å². The molecule has 1 aromatic carbocycles. The second kappa shape index (κ2) is 7.40.